The van der Waals surface area contributed by atoms with Crippen LogP contribution in [0.15, 0.2) is 42.9 Å². The Bertz CT molecular complexity index is 890. The summed E-state index contributed by atoms with van der Waals surface area (Å²) in [6.45, 7) is 0. The molecule has 23 heavy (non-hydrogen) atoms. The molecule has 1 aromatic carbocycles. The molecule has 0 fully saturated rings. The van der Waals surface area contributed by atoms with Gasteiger partial charge in [0.25, 0.3) is 11.8 Å². The quantitative estimate of drug-likeness (QED) is 0.374. The van der Waals surface area contributed by atoms with Crippen LogP contribution in [0.4, 0.5) is 10.1 Å². The average molecular weight is 314 g/mol. The number of benzene rings is 1. The van der Waals surface area contributed by atoms with Crippen LogP contribution in [-0.4, -0.2) is 26.4 Å². The summed E-state index contributed by atoms with van der Waals surface area (Å²) in [4.78, 5) is 27.7. The predicted molar refractivity (Wildman–Crippen MR) is 79.0 cm³/mol. The summed E-state index contributed by atoms with van der Waals surface area (Å²) in [6.07, 6.45) is 4.19. The lowest BCUT2D eigenvalue weighted by Gasteiger charge is -2.05. The summed E-state index contributed by atoms with van der Waals surface area (Å²) in [5.74, 6) is 3.72. The molecule has 0 unspecified atom stereocenters. The molecule has 0 saturated heterocycles. The van der Waals surface area contributed by atoms with Crippen molar-refractivity contribution in [1.82, 2.24) is 20.0 Å². The second-order valence-corrected chi connectivity index (χ2v) is 4.60. The van der Waals surface area contributed by atoms with E-state index in [1.165, 1.54) is 47.4 Å². The van der Waals surface area contributed by atoms with Gasteiger partial charge in [-0.15, -0.1) is 0 Å². The number of nitrogens with one attached hydrogen (secondary N) is 2. The van der Waals surface area contributed by atoms with Crippen LogP contribution in [0.2, 0.25) is 0 Å². The van der Waals surface area contributed by atoms with Crippen LogP contribution in [0.1, 0.15) is 20.7 Å². The standard InChI is InChI=1S/C14H11FN6O2/c15-9-3-1-8(2-4-9)13(22)19-10-5-17-12-11(14(23)20-16)6-18-21(12)7-10/h1-7H,16H2,(H,19,22)(H,20,23). The van der Waals surface area contributed by atoms with Crippen LogP contribution in [0.3, 0.4) is 0 Å². The Morgan fingerprint density at radius 3 is 2.57 bits per heavy atom. The fourth-order valence-electron chi connectivity index (χ4n) is 1.98. The first-order valence-electron chi connectivity index (χ1n) is 6.50. The normalized spacial score (nSPS) is 10.5. The number of carbonyl (C=O) groups excluding carboxylic acids is 2. The Morgan fingerprint density at radius 1 is 1.13 bits per heavy atom. The SMILES string of the molecule is NNC(=O)c1cnn2cc(NC(=O)c3ccc(F)cc3)cnc12. The zero-order valence-corrected chi connectivity index (χ0v) is 11.7. The van der Waals surface area contributed by atoms with E-state index >= 15 is 0 Å². The highest BCUT2D eigenvalue weighted by molar-refractivity contribution is 6.04. The molecule has 0 saturated carbocycles. The number of carbonyl (C=O) groups is 2. The molecule has 9 heteroatoms. The smallest absolute Gasteiger partial charge is 0.270 e. The molecule has 3 aromatic rings. The molecule has 0 radical (unpaired) electrons. The maximum atomic E-state index is 12.9. The van der Waals surface area contributed by atoms with Gasteiger partial charge in [0.05, 0.1) is 24.3 Å². The number of hydrogen-bond acceptors (Lipinski definition) is 5. The molecule has 0 aliphatic rings. The molecule has 8 nitrogen and oxygen atoms in total. The number of aromatic nitrogens is 3. The number of nitrogens with two attached hydrogens (primary N) is 1. The topological polar surface area (TPSA) is 114 Å². The molecular weight excluding hydrogens is 303 g/mol. The van der Waals surface area contributed by atoms with Crippen molar-refractivity contribution in [3.63, 3.8) is 0 Å². The van der Waals surface area contributed by atoms with E-state index in [-0.39, 0.29) is 5.56 Å². The molecule has 2 heterocycles. The number of fused-ring (bicyclic) bond motifs is 1. The lowest BCUT2D eigenvalue weighted by molar-refractivity contribution is 0.0954. The lowest BCUT2D eigenvalue weighted by Crippen LogP contribution is -2.29. The Labute approximate surface area is 129 Å². The van der Waals surface area contributed by atoms with Gasteiger partial charge in [0.2, 0.25) is 0 Å². The molecule has 0 aliphatic heterocycles. The number of hydrazine groups is 1. The highest BCUT2D eigenvalue weighted by atomic mass is 19.1. The summed E-state index contributed by atoms with van der Waals surface area (Å²) in [6, 6.07) is 5.13. The minimum absolute atomic E-state index is 0.212. The first kappa shape index (κ1) is 14.6. The van der Waals surface area contributed by atoms with E-state index in [0.29, 0.717) is 16.9 Å². The largest absolute Gasteiger partial charge is 0.319 e. The monoisotopic (exact) mass is 314 g/mol. The van der Waals surface area contributed by atoms with E-state index in [0.717, 1.165) is 0 Å². The van der Waals surface area contributed by atoms with Gasteiger partial charge in [-0.25, -0.2) is 19.7 Å². The lowest BCUT2D eigenvalue weighted by atomic mass is 10.2. The number of nitrogens with zero attached hydrogens (tertiary/aromatic N) is 3. The van der Waals surface area contributed by atoms with Crippen LogP contribution in [0, 0.1) is 5.82 Å². The van der Waals surface area contributed by atoms with Gasteiger partial charge in [-0.3, -0.25) is 15.0 Å². The van der Waals surface area contributed by atoms with E-state index in [9.17, 15) is 14.0 Å². The van der Waals surface area contributed by atoms with E-state index in [1.54, 1.807) is 0 Å². The first-order chi connectivity index (χ1) is 11.1. The van der Waals surface area contributed by atoms with E-state index in [1.807, 2.05) is 5.43 Å². The molecule has 2 amide bonds. The summed E-state index contributed by atoms with van der Waals surface area (Å²) in [7, 11) is 0. The number of nitrogen functional groups attached to an aromatic ring is 1. The third kappa shape index (κ3) is 2.85. The maximum Gasteiger partial charge on any atom is 0.270 e. The van der Waals surface area contributed by atoms with Crippen LogP contribution >= 0.6 is 0 Å². The zero-order chi connectivity index (χ0) is 16.4. The number of amides is 2. The van der Waals surface area contributed by atoms with Crippen LogP contribution in [0.5, 0.6) is 0 Å². The van der Waals surface area contributed by atoms with Gasteiger partial charge >= 0.3 is 0 Å². The first-order valence-corrected chi connectivity index (χ1v) is 6.50. The summed E-state index contributed by atoms with van der Waals surface area (Å²) >= 11 is 0. The van der Waals surface area contributed by atoms with E-state index < -0.39 is 17.6 Å². The van der Waals surface area contributed by atoms with Gasteiger partial charge in [0, 0.05) is 5.56 Å². The van der Waals surface area contributed by atoms with Gasteiger partial charge in [-0.2, -0.15) is 5.10 Å². The van der Waals surface area contributed by atoms with Gasteiger partial charge < -0.3 is 5.32 Å². The number of anilines is 1. The van der Waals surface area contributed by atoms with Gasteiger partial charge in [-0.1, -0.05) is 0 Å². The highest BCUT2D eigenvalue weighted by Gasteiger charge is 2.14. The average Bonchev–Trinajstić information content (AvgIpc) is 2.98. The third-order valence-corrected chi connectivity index (χ3v) is 3.10. The maximum absolute atomic E-state index is 12.9. The Morgan fingerprint density at radius 2 is 1.87 bits per heavy atom. The molecule has 0 spiro atoms. The van der Waals surface area contributed by atoms with Crippen LogP contribution < -0.4 is 16.6 Å². The summed E-state index contributed by atoms with van der Waals surface area (Å²) in [5.41, 5.74) is 3.18. The molecule has 2 aromatic heterocycles. The minimum Gasteiger partial charge on any atom is -0.319 e. The highest BCUT2D eigenvalue weighted by Crippen LogP contribution is 2.13. The van der Waals surface area contributed by atoms with Crippen molar-refractivity contribution in [2.45, 2.75) is 0 Å². The van der Waals surface area contributed by atoms with Crippen molar-refractivity contribution in [3.8, 4) is 0 Å². The van der Waals surface area contributed by atoms with Crippen molar-refractivity contribution in [2.75, 3.05) is 5.32 Å². The molecular formula is C14H11FN6O2. The van der Waals surface area contributed by atoms with Gasteiger partial charge in [0.1, 0.15) is 11.4 Å². The van der Waals surface area contributed by atoms with Crippen molar-refractivity contribution < 1.29 is 14.0 Å². The van der Waals surface area contributed by atoms with Gasteiger partial charge in [0.15, 0.2) is 5.65 Å². The molecule has 0 aliphatic carbocycles. The van der Waals surface area contributed by atoms with Crippen molar-refractivity contribution in [3.05, 3.63) is 59.8 Å². The Balaban J connectivity index is 1.85. The van der Waals surface area contributed by atoms with Gasteiger partial charge in [-0.05, 0) is 24.3 Å². The van der Waals surface area contributed by atoms with Crippen LogP contribution in [-0.2, 0) is 0 Å². The van der Waals surface area contributed by atoms with Crippen LogP contribution in [0.25, 0.3) is 5.65 Å². The second kappa shape index (κ2) is 5.81. The fourth-order valence-corrected chi connectivity index (χ4v) is 1.98. The third-order valence-electron chi connectivity index (χ3n) is 3.10. The molecule has 116 valence electrons. The predicted octanol–water partition coefficient (Wildman–Crippen LogP) is 0.724. The second-order valence-electron chi connectivity index (χ2n) is 4.60. The minimum atomic E-state index is -0.518. The fraction of sp³-hybridized carbons (Fsp3) is 0. The van der Waals surface area contributed by atoms with E-state index in [2.05, 4.69) is 15.4 Å². The zero-order valence-electron chi connectivity index (χ0n) is 11.7. The molecule has 0 atom stereocenters. The Kier molecular flexibility index (Phi) is 3.69. The van der Waals surface area contributed by atoms with Crippen molar-refractivity contribution in [1.29, 1.82) is 0 Å². The van der Waals surface area contributed by atoms with Crippen molar-refractivity contribution in [2.24, 2.45) is 5.84 Å². The van der Waals surface area contributed by atoms with Crippen molar-refractivity contribution >= 4 is 23.1 Å². The molecule has 0 bridgehead atoms. The summed E-state index contributed by atoms with van der Waals surface area (Å²) < 4.78 is 14.2. The van der Waals surface area contributed by atoms with E-state index in [4.69, 9.17) is 5.84 Å². The summed E-state index contributed by atoms with van der Waals surface area (Å²) in [5, 5.41) is 6.59. The molecule has 4 N–H and O–H groups in total. The number of rotatable bonds is 3. The Hall–Kier alpha value is -3.33. The molecule has 3 rings (SSSR count). The number of hydrogen-bond donors (Lipinski definition) is 3. The number of halogens is 1.